The van der Waals surface area contributed by atoms with Gasteiger partial charge in [0, 0.05) is 15.3 Å². The molecule has 0 bridgehead atoms. The molecule has 0 saturated heterocycles. The first-order valence-corrected chi connectivity index (χ1v) is 10.3. The molecule has 1 atom stereocenters. The number of carboxylic acid groups (broad SMARTS) is 1. The molecular formula is C24H22O4Si. The molecule has 5 heteroatoms. The fourth-order valence-corrected chi connectivity index (χ4v) is 4.08. The molecule has 0 aliphatic heterocycles. The summed E-state index contributed by atoms with van der Waals surface area (Å²) in [5.41, 5.74) is 1.46. The van der Waals surface area contributed by atoms with Gasteiger partial charge < -0.3 is 9.84 Å². The predicted molar refractivity (Wildman–Crippen MR) is 117 cm³/mol. The smallest absolute Gasteiger partial charge is 0.340 e. The Morgan fingerprint density at radius 3 is 1.83 bits per heavy atom. The number of benzene rings is 3. The Morgan fingerprint density at radius 1 is 0.828 bits per heavy atom. The van der Waals surface area contributed by atoms with E-state index < -0.39 is 17.0 Å². The van der Waals surface area contributed by atoms with E-state index >= 15 is 0 Å². The van der Waals surface area contributed by atoms with Crippen molar-refractivity contribution in [2.24, 2.45) is 0 Å². The Morgan fingerprint density at radius 2 is 1.31 bits per heavy atom. The molecule has 146 valence electrons. The number of aliphatic carboxylic acids is 1. The molecule has 0 fully saturated rings. The first kappa shape index (κ1) is 20.3. The number of carboxylic acids is 1. The molecule has 4 nitrogen and oxygen atoms in total. The number of carbonyl (C=O) groups is 2. The van der Waals surface area contributed by atoms with E-state index in [0.717, 1.165) is 5.56 Å². The second-order valence-electron chi connectivity index (χ2n) is 7.11. The van der Waals surface area contributed by atoms with Crippen LogP contribution in [0.4, 0.5) is 0 Å². The van der Waals surface area contributed by atoms with Crippen LogP contribution in [0.25, 0.3) is 5.57 Å². The molecule has 0 saturated carbocycles. The van der Waals surface area contributed by atoms with E-state index in [0.29, 0.717) is 21.6 Å². The standard InChI is InChI=1S/C24H22O4Si/c1-24(29,18-13-7-3-8-14-18)21(23(27)28-19-15-9-4-10-16-19)20(22(25)26)17-11-5-2-6-12-17/h2-16H,1,29H3,(H,25,26). The van der Waals surface area contributed by atoms with Gasteiger partial charge in [-0.3, -0.25) is 0 Å². The first-order valence-electron chi connectivity index (χ1n) is 9.27. The summed E-state index contributed by atoms with van der Waals surface area (Å²) in [6, 6.07) is 26.9. The van der Waals surface area contributed by atoms with Crippen molar-refractivity contribution in [3.63, 3.8) is 0 Å². The van der Waals surface area contributed by atoms with Crippen molar-refractivity contribution in [1.29, 1.82) is 0 Å². The van der Waals surface area contributed by atoms with Gasteiger partial charge in [-0.25, -0.2) is 9.59 Å². The zero-order valence-corrected chi connectivity index (χ0v) is 18.3. The second-order valence-corrected chi connectivity index (χ2v) is 9.11. The third kappa shape index (κ3) is 4.52. The average Bonchev–Trinajstić information content (AvgIpc) is 2.73. The summed E-state index contributed by atoms with van der Waals surface area (Å²) < 4.78 is 5.60. The van der Waals surface area contributed by atoms with Crippen LogP contribution in [-0.2, 0) is 14.6 Å². The van der Waals surface area contributed by atoms with Gasteiger partial charge in [0.15, 0.2) is 0 Å². The van der Waals surface area contributed by atoms with Crippen molar-refractivity contribution in [3.8, 4) is 5.75 Å². The van der Waals surface area contributed by atoms with E-state index in [2.05, 4.69) is 0 Å². The van der Waals surface area contributed by atoms with E-state index in [1.807, 2.05) is 49.4 Å². The van der Waals surface area contributed by atoms with Crippen LogP contribution in [0.15, 0.2) is 96.6 Å². The number of hydrogen-bond acceptors (Lipinski definition) is 3. The van der Waals surface area contributed by atoms with E-state index in [4.69, 9.17) is 4.74 Å². The lowest BCUT2D eigenvalue weighted by Gasteiger charge is -2.29. The van der Waals surface area contributed by atoms with Gasteiger partial charge in [-0.05, 0) is 23.3 Å². The number of rotatable bonds is 6. The van der Waals surface area contributed by atoms with Crippen LogP contribution in [0.2, 0.25) is 0 Å². The van der Waals surface area contributed by atoms with Crippen molar-refractivity contribution in [1.82, 2.24) is 0 Å². The van der Waals surface area contributed by atoms with E-state index in [-0.39, 0.29) is 11.1 Å². The fraction of sp³-hybridized carbons (Fsp3) is 0.0833. The highest BCUT2D eigenvalue weighted by Gasteiger charge is 2.37. The van der Waals surface area contributed by atoms with Gasteiger partial charge >= 0.3 is 11.9 Å². The monoisotopic (exact) mass is 402 g/mol. The second kappa shape index (κ2) is 8.71. The predicted octanol–water partition coefficient (Wildman–Crippen LogP) is 3.41. The zero-order chi connectivity index (χ0) is 20.9. The molecule has 0 amide bonds. The highest BCUT2D eigenvalue weighted by molar-refractivity contribution is 6.30. The van der Waals surface area contributed by atoms with E-state index in [1.54, 1.807) is 48.5 Å². The molecule has 0 aromatic heterocycles. The van der Waals surface area contributed by atoms with Gasteiger partial charge in [-0.2, -0.15) is 0 Å². The highest BCUT2D eigenvalue weighted by atomic mass is 28.1. The fourth-order valence-electron chi connectivity index (χ4n) is 3.30. The lowest BCUT2D eigenvalue weighted by molar-refractivity contribution is -0.133. The van der Waals surface area contributed by atoms with Crippen LogP contribution in [0, 0.1) is 0 Å². The van der Waals surface area contributed by atoms with Crippen LogP contribution >= 0.6 is 0 Å². The van der Waals surface area contributed by atoms with Crippen LogP contribution < -0.4 is 4.74 Å². The van der Waals surface area contributed by atoms with Gasteiger partial charge in [0.1, 0.15) is 5.75 Å². The average molecular weight is 403 g/mol. The van der Waals surface area contributed by atoms with Crippen molar-refractivity contribution >= 4 is 27.8 Å². The summed E-state index contributed by atoms with van der Waals surface area (Å²) in [7, 11) is 0.506. The van der Waals surface area contributed by atoms with Gasteiger partial charge in [0.05, 0.1) is 11.1 Å². The number of hydrogen-bond donors (Lipinski definition) is 1. The molecule has 0 aliphatic carbocycles. The minimum atomic E-state index is -1.16. The molecule has 1 unspecified atom stereocenters. The lowest BCUT2D eigenvalue weighted by atomic mass is 9.85. The summed E-state index contributed by atoms with van der Waals surface area (Å²) in [4.78, 5) is 25.7. The van der Waals surface area contributed by atoms with Crippen molar-refractivity contribution in [3.05, 3.63) is 108 Å². The third-order valence-corrected chi connectivity index (χ3v) is 5.88. The largest absolute Gasteiger partial charge is 0.478 e. The van der Waals surface area contributed by atoms with Gasteiger partial charge in [-0.15, -0.1) is 0 Å². The van der Waals surface area contributed by atoms with Crippen LogP contribution in [0.3, 0.4) is 0 Å². The maximum absolute atomic E-state index is 13.3. The maximum Gasteiger partial charge on any atom is 0.340 e. The highest BCUT2D eigenvalue weighted by Crippen LogP contribution is 2.35. The zero-order valence-electron chi connectivity index (χ0n) is 16.3. The Hall–Kier alpha value is -3.44. The van der Waals surface area contributed by atoms with Crippen LogP contribution in [-0.4, -0.2) is 27.3 Å². The van der Waals surface area contributed by atoms with Crippen LogP contribution in [0.5, 0.6) is 5.75 Å². The summed E-state index contributed by atoms with van der Waals surface area (Å²) in [5.74, 6) is -1.44. The minimum absolute atomic E-state index is 0.0344. The van der Waals surface area contributed by atoms with E-state index in [9.17, 15) is 14.7 Å². The summed E-state index contributed by atoms with van der Waals surface area (Å²) >= 11 is 0. The topological polar surface area (TPSA) is 63.6 Å². The van der Waals surface area contributed by atoms with Crippen molar-refractivity contribution in [2.75, 3.05) is 0 Å². The first-order chi connectivity index (χ1) is 13.9. The summed E-state index contributed by atoms with van der Waals surface area (Å²) in [6.45, 7) is 1.89. The Kier molecular flexibility index (Phi) is 6.09. The normalized spacial score (nSPS) is 13.8. The molecule has 0 radical (unpaired) electrons. The van der Waals surface area contributed by atoms with Gasteiger partial charge in [-0.1, -0.05) is 85.8 Å². The van der Waals surface area contributed by atoms with Crippen molar-refractivity contribution in [2.45, 2.75) is 12.0 Å². The number of para-hydroxylation sites is 1. The Labute approximate surface area is 172 Å². The third-order valence-electron chi connectivity index (χ3n) is 4.80. The van der Waals surface area contributed by atoms with Crippen molar-refractivity contribution < 1.29 is 19.4 Å². The van der Waals surface area contributed by atoms with E-state index in [1.165, 1.54) is 0 Å². The van der Waals surface area contributed by atoms with Crippen LogP contribution in [0.1, 0.15) is 18.1 Å². The number of carbonyl (C=O) groups excluding carboxylic acids is 1. The molecule has 29 heavy (non-hydrogen) atoms. The molecule has 3 aromatic carbocycles. The SMILES string of the molecule is CC([SiH3])(C(C(=O)Oc1ccccc1)=C(C(=O)O)c1ccccc1)c1ccccc1. The quantitative estimate of drug-likeness (QED) is 0.297. The molecule has 3 rings (SSSR count). The molecule has 3 aromatic rings. The van der Waals surface area contributed by atoms with Gasteiger partial charge in [0.2, 0.25) is 0 Å². The molecule has 0 aliphatic rings. The number of esters is 1. The minimum Gasteiger partial charge on any atom is -0.478 e. The van der Waals surface area contributed by atoms with Gasteiger partial charge in [0.25, 0.3) is 0 Å². The maximum atomic E-state index is 13.3. The Balaban J connectivity index is 2.23. The molecular weight excluding hydrogens is 380 g/mol. The molecule has 0 heterocycles. The summed E-state index contributed by atoms with van der Waals surface area (Å²) in [6.07, 6.45) is 0. The Bertz CT molecular complexity index is 1030. The molecule has 1 N–H and O–H groups in total. The molecule has 0 spiro atoms. The lowest BCUT2D eigenvalue weighted by Crippen LogP contribution is -2.34. The summed E-state index contributed by atoms with van der Waals surface area (Å²) in [5, 5.41) is 9.30. The number of ether oxygens (including phenoxy) is 1.